The SMILES string of the molecule is NS(=O)(=O)c1ccc(S(=O)(=O)Nc2ccc3c4c(cccc24)CC3)cc1. The molecule has 134 valence electrons. The molecule has 0 aliphatic heterocycles. The topological polar surface area (TPSA) is 106 Å². The lowest BCUT2D eigenvalue weighted by molar-refractivity contribution is 0.595. The Hall–Kier alpha value is -2.42. The zero-order valence-corrected chi connectivity index (χ0v) is 15.3. The number of nitrogens with one attached hydrogen (secondary N) is 1. The van der Waals surface area contributed by atoms with Crippen LogP contribution in [-0.2, 0) is 32.9 Å². The van der Waals surface area contributed by atoms with E-state index in [1.165, 1.54) is 35.4 Å². The summed E-state index contributed by atoms with van der Waals surface area (Å²) in [6.45, 7) is 0. The van der Waals surface area contributed by atoms with Crippen LogP contribution in [-0.4, -0.2) is 16.8 Å². The number of anilines is 1. The maximum Gasteiger partial charge on any atom is 0.261 e. The van der Waals surface area contributed by atoms with E-state index in [-0.39, 0.29) is 9.79 Å². The van der Waals surface area contributed by atoms with Crippen LogP contribution in [0.25, 0.3) is 10.8 Å². The second-order valence-electron chi connectivity index (χ2n) is 6.23. The van der Waals surface area contributed by atoms with Crippen LogP contribution in [0.2, 0.25) is 0 Å². The summed E-state index contributed by atoms with van der Waals surface area (Å²) < 4.78 is 50.6. The molecule has 26 heavy (non-hydrogen) atoms. The normalized spacial score (nSPS) is 13.9. The van der Waals surface area contributed by atoms with Crippen LogP contribution >= 0.6 is 0 Å². The number of primary sulfonamides is 1. The van der Waals surface area contributed by atoms with E-state index >= 15 is 0 Å². The van der Waals surface area contributed by atoms with E-state index in [1.807, 2.05) is 18.2 Å². The molecular formula is C18H16N2O4S2. The first-order chi connectivity index (χ1) is 12.3. The smallest absolute Gasteiger partial charge is 0.261 e. The molecule has 0 radical (unpaired) electrons. The first-order valence-electron chi connectivity index (χ1n) is 7.95. The Morgan fingerprint density at radius 3 is 2.04 bits per heavy atom. The number of hydrogen-bond donors (Lipinski definition) is 2. The average Bonchev–Trinajstić information content (AvgIpc) is 3.01. The third kappa shape index (κ3) is 2.86. The van der Waals surface area contributed by atoms with Crippen LogP contribution in [0.3, 0.4) is 0 Å². The Labute approximate surface area is 151 Å². The molecule has 3 aromatic carbocycles. The Kier molecular flexibility index (Phi) is 3.80. The number of aryl methyl sites for hydroxylation is 2. The van der Waals surface area contributed by atoms with Crippen molar-refractivity contribution in [3.05, 3.63) is 65.7 Å². The Morgan fingerprint density at radius 2 is 1.38 bits per heavy atom. The molecule has 3 aromatic rings. The molecule has 0 spiro atoms. The lowest BCUT2D eigenvalue weighted by atomic mass is 10.0. The molecule has 0 aromatic heterocycles. The van der Waals surface area contributed by atoms with E-state index in [0.717, 1.165) is 23.6 Å². The van der Waals surface area contributed by atoms with E-state index in [9.17, 15) is 16.8 Å². The van der Waals surface area contributed by atoms with Crippen LogP contribution in [0.4, 0.5) is 5.69 Å². The largest absolute Gasteiger partial charge is 0.279 e. The van der Waals surface area contributed by atoms with Crippen LogP contribution < -0.4 is 9.86 Å². The molecule has 1 aliphatic carbocycles. The van der Waals surface area contributed by atoms with Gasteiger partial charge in [0.25, 0.3) is 10.0 Å². The number of sulfonamides is 2. The highest BCUT2D eigenvalue weighted by molar-refractivity contribution is 7.92. The minimum absolute atomic E-state index is 0.0341. The summed E-state index contributed by atoms with van der Waals surface area (Å²) in [4.78, 5) is -0.171. The van der Waals surface area contributed by atoms with Crippen LogP contribution in [0.1, 0.15) is 11.1 Å². The summed E-state index contributed by atoms with van der Waals surface area (Å²) in [5, 5.41) is 7.01. The Balaban J connectivity index is 1.74. The zero-order valence-electron chi connectivity index (χ0n) is 13.6. The maximum atomic E-state index is 12.7. The third-order valence-corrected chi connectivity index (χ3v) is 6.89. The lowest BCUT2D eigenvalue weighted by Gasteiger charge is -2.12. The fourth-order valence-corrected chi connectivity index (χ4v) is 4.94. The van der Waals surface area contributed by atoms with Crippen molar-refractivity contribution in [1.82, 2.24) is 0 Å². The van der Waals surface area contributed by atoms with Crippen molar-refractivity contribution in [2.24, 2.45) is 5.14 Å². The van der Waals surface area contributed by atoms with Crippen molar-refractivity contribution in [3.63, 3.8) is 0 Å². The summed E-state index contributed by atoms with van der Waals surface area (Å²) in [6, 6.07) is 14.4. The van der Waals surface area contributed by atoms with Crippen molar-refractivity contribution < 1.29 is 16.8 Å². The molecule has 0 saturated heterocycles. The number of hydrogen-bond acceptors (Lipinski definition) is 4. The lowest BCUT2D eigenvalue weighted by Crippen LogP contribution is -2.15. The fraction of sp³-hybridized carbons (Fsp3) is 0.111. The van der Waals surface area contributed by atoms with Gasteiger partial charge < -0.3 is 0 Å². The Bertz CT molecular complexity index is 1220. The van der Waals surface area contributed by atoms with Gasteiger partial charge in [0.05, 0.1) is 15.5 Å². The molecule has 0 unspecified atom stereocenters. The minimum atomic E-state index is -3.87. The van der Waals surface area contributed by atoms with Crippen molar-refractivity contribution in [1.29, 1.82) is 0 Å². The molecule has 3 N–H and O–H groups in total. The molecule has 0 saturated carbocycles. The average molecular weight is 388 g/mol. The van der Waals surface area contributed by atoms with Gasteiger partial charge in [-0.05, 0) is 59.7 Å². The van der Waals surface area contributed by atoms with Crippen LogP contribution in [0.5, 0.6) is 0 Å². The third-order valence-electron chi connectivity index (χ3n) is 4.58. The monoisotopic (exact) mass is 388 g/mol. The summed E-state index contributed by atoms with van der Waals surface area (Å²) >= 11 is 0. The number of benzene rings is 3. The van der Waals surface area contributed by atoms with Crippen molar-refractivity contribution in [2.75, 3.05) is 4.72 Å². The number of nitrogens with two attached hydrogens (primary N) is 1. The Morgan fingerprint density at radius 1 is 0.769 bits per heavy atom. The first kappa shape index (κ1) is 17.0. The van der Waals surface area contributed by atoms with Crippen LogP contribution in [0, 0.1) is 0 Å². The van der Waals surface area contributed by atoms with E-state index in [0.29, 0.717) is 5.69 Å². The second kappa shape index (κ2) is 5.80. The summed E-state index contributed by atoms with van der Waals surface area (Å²) in [5.41, 5.74) is 2.94. The molecule has 0 fully saturated rings. The van der Waals surface area contributed by atoms with Crippen molar-refractivity contribution in [3.8, 4) is 0 Å². The zero-order chi connectivity index (χ0) is 18.5. The van der Waals surface area contributed by atoms with Gasteiger partial charge in [-0.3, -0.25) is 4.72 Å². The maximum absolute atomic E-state index is 12.7. The summed E-state index contributed by atoms with van der Waals surface area (Å²) in [5.74, 6) is 0. The highest BCUT2D eigenvalue weighted by atomic mass is 32.2. The molecular weight excluding hydrogens is 372 g/mol. The molecule has 0 heterocycles. The van der Waals surface area contributed by atoms with Gasteiger partial charge in [-0.1, -0.05) is 24.3 Å². The first-order valence-corrected chi connectivity index (χ1v) is 11.0. The van der Waals surface area contributed by atoms with Crippen molar-refractivity contribution in [2.45, 2.75) is 22.6 Å². The molecule has 0 atom stereocenters. The van der Waals surface area contributed by atoms with Gasteiger partial charge in [-0.25, -0.2) is 22.0 Å². The molecule has 6 nitrogen and oxygen atoms in total. The molecule has 4 rings (SSSR count). The highest BCUT2D eigenvalue weighted by Crippen LogP contribution is 2.35. The summed E-state index contributed by atoms with van der Waals surface area (Å²) in [6.07, 6.45) is 1.91. The number of rotatable bonds is 4. The van der Waals surface area contributed by atoms with E-state index in [2.05, 4.69) is 10.8 Å². The van der Waals surface area contributed by atoms with Gasteiger partial charge in [0.15, 0.2) is 0 Å². The van der Waals surface area contributed by atoms with Gasteiger partial charge in [0.1, 0.15) is 0 Å². The predicted molar refractivity (Wildman–Crippen MR) is 100.0 cm³/mol. The highest BCUT2D eigenvalue weighted by Gasteiger charge is 2.20. The van der Waals surface area contributed by atoms with Crippen molar-refractivity contribution >= 4 is 36.5 Å². The van der Waals surface area contributed by atoms with Crippen LogP contribution in [0.15, 0.2) is 64.4 Å². The molecule has 0 bridgehead atoms. The summed E-state index contributed by atoms with van der Waals surface area (Å²) in [7, 11) is -7.73. The van der Waals surface area contributed by atoms with E-state index < -0.39 is 20.0 Å². The molecule has 8 heteroatoms. The fourth-order valence-electron chi connectivity index (χ4n) is 3.35. The van der Waals surface area contributed by atoms with E-state index in [1.54, 1.807) is 6.07 Å². The standard InChI is InChI=1S/C18H16N2O4S2/c19-25(21,22)14-7-9-15(10-8-14)26(23,24)20-17-11-6-13-5-4-12-2-1-3-16(17)18(12)13/h1-3,6-11,20H,4-5H2,(H2,19,21,22). The predicted octanol–water partition coefficient (Wildman–Crippen LogP) is 2.39. The van der Waals surface area contributed by atoms with Gasteiger partial charge in [0.2, 0.25) is 10.0 Å². The van der Waals surface area contributed by atoms with Gasteiger partial charge >= 0.3 is 0 Å². The quantitative estimate of drug-likeness (QED) is 0.716. The van der Waals surface area contributed by atoms with E-state index in [4.69, 9.17) is 5.14 Å². The molecule has 0 amide bonds. The van der Waals surface area contributed by atoms with Gasteiger partial charge in [-0.2, -0.15) is 0 Å². The van der Waals surface area contributed by atoms with Gasteiger partial charge in [-0.15, -0.1) is 0 Å². The molecule has 1 aliphatic rings. The second-order valence-corrected chi connectivity index (χ2v) is 9.48. The minimum Gasteiger partial charge on any atom is -0.279 e. The van der Waals surface area contributed by atoms with Gasteiger partial charge in [0, 0.05) is 5.39 Å².